The molecule has 4 rings (SSSR count). The van der Waals surface area contributed by atoms with Crippen molar-refractivity contribution in [3.63, 3.8) is 0 Å². The molecule has 0 spiro atoms. The lowest BCUT2D eigenvalue weighted by Gasteiger charge is -2.30. The Kier molecular flexibility index (Phi) is 4.27. The predicted octanol–water partition coefficient (Wildman–Crippen LogP) is 3.88. The second-order valence-electron chi connectivity index (χ2n) is 5.78. The van der Waals surface area contributed by atoms with Crippen LogP contribution in [0.25, 0.3) is 0 Å². The second kappa shape index (κ2) is 6.70. The summed E-state index contributed by atoms with van der Waals surface area (Å²) in [5.74, 6) is 0.957. The molecular weight excluding hydrogens is 340 g/mol. The maximum absolute atomic E-state index is 5.66. The number of furan rings is 1. The number of thiazole rings is 1. The van der Waals surface area contributed by atoms with Gasteiger partial charge >= 0.3 is 0 Å². The molecule has 0 aromatic carbocycles. The van der Waals surface area contributed by atoms with Gasteiger partial charge in [-0.1, -0.05) is 0 Å². The van der Waals surface area contributed by atoms with Crippen molar-refractivity contribution in [2.45, 2.75) is 24.7 Å². The first kappa shape index (κ1) is 15.3. The number of H-pyrrole nitrogens is 1. The van der Waals surface area contributed by atoms with Gasteiger partial charge in [0.2, 0.25) is 0 Å². The van der Waals surface area contributed by atoms with Gasteiger partial charge in [-0.05, 0) is 35.8 Å². The highest BCUT2D eigenvalue weighted by atomic mass is 32.1. The van der Waals surface area contributed by atoms with Gasteiger partial charge in [0.05, 0.1) is 17.0 Å². The van der Waals surface area contributed by atoms with Gasteiger partial charge in [-0.2, -0.15) is 9.47 Å². The number of hydrogen-bond donors (Lipinski definition) is 1. The molecule has 1 N–H and O–H groups in total. The summed E-state index contributed by atoms with van der Waals surface area (Å²) in [4.78, 5) is 4.51. The average molecular weight is 356 g/mol. The van der Waals surface area contributed by atoms with E-state index in [0.29, 0.717) is 0 Å². The summed E-state index contributed by atoms with van der Waals surface area (Å²) >= 11 is 3.16. The first-order valence-corrected chi connectivity index (χ1v) is 9.36. The molecule has 1 atom stereocenters. The largest absolute Gasteiger partial charge is 0.469 e. The zero-order valence-corrected chi connectivity index (χ0v) is 14.5. The van der Waals surface area contributed by atoms with Crippen LogP contribution in [0.5, 0.6) is 0 Å². The fraction of sp³-hybridized carbons (Fsp3) is 0.235. The van der Waals surface area contributed by atoms with E-state index in [1.807, 2.05) is 35.2 Å². The molecule has 0 saturated heterocycles. The third-order valence-electron chi connectivity index (χ3n) is 4.13. The molecule has 5 nitrogen and oxygen atoms in total. The van der Waals surface area contributed by atoms with Crippen LogP contribution in [0, 0.1) is 0 Å². The Hall–Kier alpha value is -2.25. The van der Waals surface area contributed by atoms with Gasteiger partial charge in [0, 0.05) is 53.5 Å². The first-order chi connectivity index (χ1) is 11.8. The molecule has 4 aromatic rings. The molecule has 4 aromatic heterocycles. The van der Waals surface area contributed by atoms with E-state index in [0.717, 1.165) is 41.4 Å². The van der Waals surface area contributed by atoms with E-state index in [4.69, 9.17) is 4.42 Å². The average Bonchev–Trinajstić information content (AvgIpc) is 3.37. The third-order valence-corrected chi connectivity index (χ3v) is 5.47. The summed E-state index contributed by atoms with van der Waals surface area (Å²) < 4.78 is 10.3. The van der Waals surface area contributed by atoms with Crippen LogP contribution in [0.1, 0.15) is 22.2 Å². The molecule has 0 aliphatic carbocycles. The van der Waals surface area contributed by atoms with Gasteiger partial charge in [-0.25, -0.2) is 4.98 Å². The van der Waals surface area contributed by atoms with Crippen molar-refractivity contribution in [2.75, 3.05) is 0 Å². The second-order valence-corrected chi connectivity index (χ2v) is 7.43. The Morgan fingerprint density at radius 2 is 2.08 bits per heavy atom. The number of nitrogens with zero attached hydrogens (tertiary/aromatic N) is 3. The van der Waals surface area contributed by atoms with Crippen LogP contribution in [0.3, 0.4) is 0 Å². The van der Waals surface area contributed by atoms with E-state index >= 15 is 0 Å². The molecule has 24 heavy (non-hydrogen) atoms. The highest BCUT2D eigenvalue weighted by Crippen LogP contribution is 2.36. The van der Waals surface area contributed by atoms with Crippen molar-refractivity contribution in [3.8, 4) is 0 Å². The molecule has 122 valence electrons. The van der Waals surface area contributed by atoms with Crippen molar-refractivity contribution in [3.05, 3.63) is 75.8 Å². The summed E-state index contributed by atoms with van der Waals surface area (Å²) in [6, 6.07) is 8.08. The summed E-state index contributed by atoms with van der Waals surface area (Å²) in [7, 11) is 0. The lowest BCUT2D eigenvalue weighted by Crippen LogP contribution is -2.35. The van der Waals surface area contributed by atoms with E-state index < -0.39 is 0 Å². The molecule has 7 heteroatoms. The smallest absolute Gasteiger partial charge is 0.104 e. The van der Waals surface area contributed by atoms with Crippen molar-refractivity contribution in [1.82, 2.24) is 19.6 Å². The Balaban J connectivity index is 1.77. The molecule has 1 unspecified atom stereocenters. The summed E-state index contributed by atoms with van der Waals surface area (Å²) in [6.45, 7) is 0. The molecule has 0 saturated carbocycles. The standard InChI is InChI=1S/C17H16N4OS2/c1-2-14(22-7-1)11-17(15-4-8-24-21-15,10-13-3-5-19-20-13)12-16-18-6-9-23-16/h1-9H,10-12H2,(H,19,20). The van der Waals surface area contributed by atoms with Gasteiger partial charge in [0.1, 0.15) is 5.76 Å². The minimum Gasteiger partial charge on any atom is -0.469 e. The molecular formula is C17H16N4OS2. The van der Waals surface area contributed by atoms with Crippen LogP contribution in [0.15, 0.2) is 58.1 Å². The molecule has 0 fully saturated rings. The van der Waals surface area contributed by atoms with Gasteiger partial charge in [-0.15, -0.1) is 11.3 Å². The fourth-order valence-corrected chi connectivity index (χ4v) is 4.45. The van der Waals surface area contributed by atoms with E-state index in [9.17, 15) is 0 Å². The van der Waals surface area contributed by atoms with Crippen LogP contribution >= 0.6 is 22.9 Å². The van der Waals surface area contributed by atoms with E-state index in [-0.39, 0.29) is 5.41 Å². The zero-order valence-electron chi connectivity index (χ0n) is 12.9. The zero-order chi connectivity index (χ0) is 16.2. The van der Waals surface area contributed by atoms with Crippen molar-refractivity contribution in [1.29, 1.82) is 0 Å². The van der Waals surface area contributed by atoms with Crippen LogP contribution in [0.4, 0.5) is 0 Å². The number of aromatic nitrogens is 4. The summed E-state index contributed by atoms with van der Waals surface area (Å²) in [5.41, 5.74) is 1.95. The van der Waals surface area contributed by atoms with Crippen molar-refractivity contribution in [2.24, 2.45) is 0 Å². The third kappa shape index (κ3) is 3.18. The maximum atomic E-state index is 5.66. The number of hydrogen-bond acceptors (Lipinski definition) is 6. The minimum absolute atomic E-state index is 0.220. The van der Waals surface area contributed by atoms with Gasteiger partial charge in [0.25, 0.3) is 0 Å². The quantitative estimate of drug-likeness (QED) is 0.546. The number of aromatic amines is 1. The number of nitrogens with one attached hydrogen (secondary N) is 1. The highest BCUT2D eigenvalue weighted by Gasteiger charge is 2.37. The van der Waals surface area contributed by atoms with E-state index in [2.05, 4.69) is 25.6 Å². The SMILES string of the molecule is c1coc(CC(Cc2ccn[nH]2)(Cc2nccs2)c2ccsn2)c1. The Morgan fingerprint density at radius 1 is 1.08 bits per heavy atom. The molecule has 4 heterocycles. The lowest BCUT2D eigenvalue weighted by atomic mass is 9.74. The van der Waals surface area contributed by atoms with Crippen molar-refractivity contribution >= 4 is 22.9 Å². The molecule has 0 aliphatic heterocycles. The normalized spacial score (nSPS) is 13.8. The molecule has 0 amide bonds. The summed E-state index contributed by atoms with van der Waals surface area (Å²) in [5, 5.41) is 12.3. The monoisotopic (exact) mass is 356 g/mol. The lowest BCUT2D eigenvalue weighted by molar-refractivity contribution is 0.361. The Morgan fingerprint density at radius 3 is 2.75 bits per heavy atom. The Bertz CT molecular complexity index is 748. The van der Waals surface area contributed by atoms with Gasteiger partial charge < -0.3 is 4.42 Å². The summed E-state index contributed by atoms with van der Waals surface area (Å²) in [6.07, 6.45) is 7.75. The molecule has 0 radical (unpaired) electrons. The van der Waals surface area contributed by atoms with Crippen LogP contribution in [-0.2, 0) is 24.7 Å². The first-order valence-electron chi connectivity index (χ1n) is 7.64. The molecule has 0 aliphatic rings. The highest BCUT2D eigenvalue weighted by molar-refractivity contribution is 7.09. The predicted molar refractivity (Wildman–Crippen MR) is 94.3 cm³/mol. The van der Waals surface area contributed by atoms with Gasteiger partial charge in [-0.3, -0.25) is 5.10 Å². The van der Waals surface area contributed by atoms with Crippen LogP contribution in [0.2, 0.25) is 0 Å². The van der Waals surface area contributed by atoms with E-state index in [1.54, 1.807) is 23.8 Å². The van der Waals surface area contributed by atoms with Crippen molar-refractivity contribution < 1.29 is 4.42 Å². The van der Waals surface area contributed by atoms with Crippen LogP contribution < -0.4 is 0 Å². The molecule has 0 bridgehead atoms. The number of rotatable bonds is 7. The van der Waals surface area contributed by atoms with Crippen LogP contribution in [-0.4, -0.2) is 19.6 Å². The maximum Gasteiger partial charge on any atom is 0.104 e. The topological polar surface area (TPSA) is 67.6 Å². The van der Waals surface area contributed by atoms with E-state index in [1.165, 1.54) is 11.5 Å². The van der Waals surface area contributed by atoms with Gasteiger partial charge in [0.15, 0.2) is 0 Å². The Labute approximate surface area is 147 Å². The fourth-order valence-electron chi connectivity index (χ4n) is 3.07. The minimum atomic E-state index is -0.220.